The second-order valence-electron chi connectivity index (χ2n) is 9.13. The molecule has 1 aliphatic heterocycles. The molecular weight excluding hydrogens is 524 g/mol. The summed E-state index contributed by atoms with van der Waals surface area (Å²) in [5, 5.41) is 5.42. The van der Waals surface area contributed by atoms with Gasteiger partial charge in [0, 0.05) is 38.3 Å². The van der Waals surface area contributed by atoms with Gasteiger partial charge in [-0.3, -0.25) is 19.8 Å². The topological polar surface area (TPSA) is 91.0 Å². The van der Waals surface area contributed by atoms with Crippen LogP contribution in [-0.2, 0) is 14.3 Å². The first-order valence-electron chi connectivity index (χ1n) is 13.1. The number of thiocarbonyl (C=S) groups is 1. The van der Waals surface area contributed by atoms with Crippen molar-refractivity contribution in [3.63, 3.8) is 0 Å². The molecule has 0 aliphatic carbocycles. The lowest BCUT2D eigenvalue weighted by Crippen LogP contribution is -2.50. The zero-order chi connectivity index (χ0) is 28.3. The number of esters is 1. The summed E-state index contributed by atoms with van der Waals surface area (Å²) in [6.45, 7) is 4.47. The molecule has 0 radical (unpaired) electrons. The number of ether oxygens (including phenoxy) is 1. The number of benzene rings is 3. The SMILES string of the molecule is CCOC(=O)/C=C/C(=O)NC(=S)Nc1ccccc1C(=O)N1CCN(C(c2ccccc2)c2ccccc2)CC1. The maximum absolute atomic E-state index is 13.6. The van der Waals surface area contributed by atoms with Gasteiger partial charge in [0.1, 0.15) is 0 Å². The molecule has 1 heterocycles. The fourth-order valence-corrected chi connectivity index (χ4v) is 4.87. The Kier molecular flexibility index (Phi) is 10.1. The zero-order valence-electron chi connectivity index (χ0n) is 22.3. The molecule has 8 nitrogen and oxygen atoms in total. The smallest absolute Gasteiger partial charge is 0.330 e. The third kappa shape index (κ3) is 7.62. The third-order valence-electron chi connectivity index (χ3n) is 6.50. The number of nitrogens with one attached hydrogen (secondary N) is 2. The highest BCUT2D eigenvalue weighted by Gasteiger charge is 2.29. The summed E-state index contributed by atoms with van der Waals surface area (Å²) >= 11 is 5.26. The van der Waals surface area contributed by atoms with Crippen LogP contribution >= 0.6 is 12.2 Å². The van der Waals surface area contributed by atoms with Crippen molar-refractivity contribution in [1.82, 2.24) is 15.1 Å². The Labute approximate surface area is 239 Å². The summed E-state index contributed by atoms with van der Waals surface area (Å²) in [5.74, 6) is -1.32. The van der Waals surface area contributed by atoms with Crippen molar-refractivity contribution in [1.29, 1.82) is 0 Å². The Balaban J connectivity index is 1.40. The summed E-state index contributed by atoms with van der Waals surface area (Å²) < 4.78 is 4.76. The first kappa shape index (κ1) is 28.7. The van der Waals surface area contributed by atoms with E-state index >= 15 is 0 Å². The number of hydrogen-bond acceptors (Lipinski definition) is 6. The van der Waals surface area contributed by atoms with E-state index in [0.29, 0.717) is 24.3 Å². The Bertz CT molecular complexity index is 1320. The number of piperazine rings is 1. The largest absolute Gasteiger partial charge is 0.463 e. The quantitative estimate of drug-likeness (QED) is 0.245. The van der Waals surface area contributed by atoms with Gasteiger partial charge in [-0.1, -0.05) is 72.8 Å². The molecule has 2 amide bonds. The molecule has 0 atom stereocenters. The summed E-state index contributed by atoms with van der Waals surface area (Å²) in [6, 6.07) is 28.0. The maximum atomic E-state index is 13.6. The molecule has 1 aliphatic rings. The van der Waals surface area contributed by atoms with Gasteiger partial charge in [0.05, 0.1) is 23.9 Å². The summed E-state index contributed by atoms with van der Waals surface area (Å²) in [7, 11) is 0. The molecule has 0 aromatic heterocycles. The number of nitrogens with zero attached hydrogens (tertiary/aromatic N) is 2. The number of anilines is 1. The highest BCUT2D eigenvalue weighted by atomic mass is 32.1. The van der Waals surface area contributed by atoms with Crippen molar-refractivity contribution < 1.29 is 19.1 Å². The molecule has 3 aromatic rings. The van der Waals surface area contributed by atoms with Crippen LogP contribution in [-0.4, -0.2) is 65.5 Å². The molecule has 1 saturated heterocycles. The highest BCUT2D eigenvalue weighted by molar-refractivity contribution is 7.80. The van der Waals surface area contributed by atoms with Crippen LogP contribution in [0.5, 0.6) is 0 Å². The number of amides is 2. The van der Waals surface area contributed by atoms with Crippen molar-refractivity contribution >= 4 is 40.8 Å². The van der Waals surface area contributed by atoms with E-state index in [2.05, 4.69) is 64.1 Å². The van der Waals surface area contributed by atoms with Crippen LogP contribution in [0.1, 0.15) is 34.5 Å². The van der Waals surface area contributed by atoms with Gasteiger partial charge < -0.3 is 15.0 Å². The third-order valence-corrected chi connectivity index (χ3v) is 6.70. The summed E-state index contributed by atoms with van der Waals surface area (Å²) in [4.78, 5) is 41.3. The fraction of sp³-hybridized carbons (Fsp3) is 0.226. The van der Waals surface area contributed by atoms with E-state index in [1.807, 2.05) is 17.0 Å². The van der Waals surface area contributed by atoms with Crippen LogP contribution in [0.3, 0.4) is 0 Å². The van der Waals surface area contributed by atoms with Gasteiger partial charge in [0.15, 0.2) is 5.11 Å². The number of para-hydroxylation sites is 1. The lowest BCUT2D eigenvalue weighted by Gasteiger charge is -2.40. The van der Waals surface area contributed by atoms with Gasteiger partial charge in [-0.2, -0.15) is 0 Å². The monoisotopic (exact) mass is 556 g/mol. The molecule has 1 fully saturated rings. The van der Waals surface area contributed by atoms with Crippen molar-refractivity contribution in [2.45, 2.75) is 13.0 Å². The lowest BCUT2D eigenvalue weighted by atomic mass is 9.96. The first-order chi connectivity index (χ1) is 19.5. The molecule has 40 heavy (non-hydrogen) atoms. The Hall–Kier alpha value is -4.34. The van der Waals surface area contributed by atoms with E-state index in [0.717, 1.165) is 25.2 Å². The van der Waals surface area contributed by atoms with Crippen molar-refractivity contribution in [2.24, 2.45) is 0 Å². The molecule has 0 spiro atoms. The predicted molar refractivity (Wildman–Crippen MR) is 159 cm³/mol. The van der Waals surface area contributed by atoms with Crippen molar-refractivity contribution in [3.8, 4) is 0 Å². The molecule has 0 unspecified atom stereocenters. The molecule has 2 N–H and O–H groups in total. The molecule has 4 rings (SSSR count). The normalized spacial score (nSPS) is 13.7. The Morgan fingerprint density at radius 3 is 2.02 bits per heavy atom. The Morgan fingerprint density at radius 2 is 1.43 bits per heavy atom. The second kappa shape index (κ2) is 14.2. The van der Waals surface area contributed by atoms with Crippen molar-refractivity contribution in [3.05, 3.63) is 114 Å². The minimum absolute atomic E-state index is 0.0112. The van der Waals surface area contributed by atoms with E-state index in [-0.39, 0.29) is 23.7 Å². The van der Waals surface area contributed by atoms with Crippen LogP contribution in [0.4, 0.5) is 5.69 Å². The van der Waals surface area contributed by atoms with E-state index in [9.17, 15) is 14.4 Å². The van der Waals surface area contributed by atoms with Gasteiger partial charge in [-0.25, -0.2) is 4.79 Å². The molecule has 206 valence electrons. The van der Waals surface area contributed by atoms with Gasteiger partial charge >= 0.3 is 5.97 Å². The lowest BCUT2D eigenvalue weighted by molar-refractivity contribution is -0.137. The summed E-state index contributed by atoms with van der Waals surface area (Å²) in [6.07, 6.45) is 2.07. The van der Waals surface area contributed by atoms with E-state index in [4.69, 9.17) is 17.0 Å². The fourth-order valence-electron chi connectivity index (χ4n) is 4.66. The van der Waals surface area contributed by atoms with Crippen LogP contribution in [0.2, 0.25) is 0 Å². The van der Waals surface area contributed by atoms with Crippen LogP contribution in [0.15, 0.2) is 97.1 Å². The number of hydrogen-bond donors (Lipinski definition) is 2. The minimum atomic E-state index is -0.619. The van der Waals surface area contributed by atoms with Crippen LogP contribution in [0, 0.1) is 0 Å². The van der Waals surface area contributed by atoms with E-state index in [1.54, 1.807) is 31.2 Å². The number of carbonyl (C=O) groups excluding carboxylic acids is 3. The van der Waals surface area contributed by atoms with Crippen molar-refractivity contribution in [2.75, 3.05) is 38.1 Å². The minimum Gasteiger partial charge on any atom is -0.463 e. The van der Waals surface area contributed by atoms with Crippen LogP contribution < -0.4 is 10.6 Å². The first-order valence-corrected chi connectivity index (χ1v) is 13.6. The average molecular weight is 557 g/mol. The molecule has 0 bridgehead atoms. The predicted octanol–water partition coefficient (Wildman–Crippen LogP) is 4.17. The van der Waals surface area contributed by atoms with Crippen LogP contribution in [0.25, 0.3) is 0 Å². The zero-order valence-corrected chi connectivity index (χ0v) is 23.1. The average Bonchev–Trinajstić information content (AvgIpc) is 2.98. The second-order valence-corrected chi connectivity index (χ2v) is 9.53. The number of carbonyl (C=O) groups is 3. The van der Waals surface area contributed by atoms with E-state index in [1.165, 1.54) is 11.1 Å². The molecule has 3 aromatic carbocycles. The summed E-state index contributed by atoms with van der Waals surface area (Å²) in [5.41, 5.74) is 3.38. The number of rotatable bonds is 8. The molecule has 9 heteroatoms. The van der Waals surface area contributed by atoms with Gasteiger partial charge in [0.25, 0.3) is 5.91 Å². The highest BCUT2D eigenvalue weighted by Crippen LogP contribution is 2.30. The van der Waals surface area contributed by atoms with Gasteiger partial charge in [0.2, 0.25) is 5.91 Å². The molecular formula is C31H32N4O4S. The van der Waals surface area contributed by atoms with E-state index < -0.39 is 11.9 Å². The van der Waals surface area contributed by atoms with Gasteiger partial charge in [-0.15, -0.1) is 0 Å². The van der Waals surface area contributed by atoms with Gasteiger partial charge in [-0.05, 0) is 42.4 Å². The standard InChI is InChI=1S/C31H32N4O4S/c1-2-39-28(37)18-17-27(36)33-31(40)32-26-16-10-9-15-25(26)30(38)35-21-19-34(20-22-35)29(23-11-5-3-6-12-23)24-13-7-4-8-14-24/h3-18,29H,2,19-22H2,1H3,(H2,32,33,36,40)/b18-17+. The Morgan fingerprint density at radius 1 is 0.850 bits per heavy atom. The maximum Gasteiger partial charge on any atom is 0.330 e. The molecule has 0 saturated carbocycles.